The van der Waals surface area contributed by atoms with E-state index in [0.29, 0.717) is 18.8 Å². The van der Waals surface area contributed by atoms with Crippen LogP contribution in [0, 0.1) is 12.7 Å². The van der Waals surface area contributed by atoms with Crippen molar-refractivity contribution < 1.29 is 13.9 Å². The summed E-state index contributed by atoms with van der Waals surface area (Å²) in [6.07, 6.45) is -0.277. The normalized spacial score (nSPS) is 19.4. The number of amides is 1. The molecule has 0 bridgehead atoms. The van der Waals surface area contributed by atoms with E-state index in [4.69, 9.17) is 10.5 Å². The van der Waals surface area contributed by atoms with E-state index in [1.165, 1.54) is 12.1 Å². The lowest BCUT2D eigenvalue weighted by Crippen LogP contribution is -2.54. The van der Waals surface area contributed by atoms with E-state index in [2.05, 4.69) is 4.90 Å². The molecule has 134 valence electrons. The fourth-order valence-electron chi connectivity index (χ4n) is 2.93. The molecule has 1 aromatic rings. The lowest BCUT2D eigenvalue weighted by atomic mass is 10.0. The van der Waals surface area contributed by atoms with Gasteiger partial charge in [0.15, 0.2) is 0 Å². The molecule has 6 heteroatoms. The predicted molar refractivity (Wildman–Crippen MR) is 93.2 cm³/mol. The molecule has 1 amide bonds. The van der Waals surface area contributed by atoms with Crippen molar-refractivity contribution in [1.29, 1.82) is 0 Å². The van der Waals surface area contributed by atoms with Crippen LogP contribution in [-0.4, -0.2) is 47.2 Å². The summed E-state index contributed by atoms with van der Waals surface area (Å²) in [4.78, 5) is 16.2. The number of nitrogens with two attached hydrogens (primary N) is 1. The molecule has 1 heterocycles. The first kappa shape index (κ1) is 18.5. The topological polar surface area (TPSA) is 58.8 Å². The smallest absolute Gasteiger partial charge is 0.410 e. The Morgan fingerprint density at radius 1 is 1.38 bits per heavy atom. The summed E-state index contributed by atoms with van der Waals surface area (Å²) in [5.74, 6) is -0.312. The van der Waals surface area contributed by atoms with Gasteiger partial charge in [0.05, 0.1) is 0 Å². The van der Waals surface area contributed by atoms with Crippen molar-refractivity contribution in [3.63, 3.8) is 0 Å². The first-order valence-corrected chi connectivity index (χ1v) is 8.33. The zero-order valence-corrected chi connectivity index (χ0v) is 15.2. The molecule has 1 saturated heterocycles. The number of hydrogen-bond donors (Lipinski definition) is 1. The summed E-state index contributed by atoms with van der Waals surface area (Å²) < 4.78 is 19.1. The molecule has 1 aromatic carbocycles. The Balaban J connectivity index is 2.00. The van der Waals surface area contributed by atoms with Gasteiger partial charge in [0, 0.05) is 37.9 Å². The summed E-state index contributed by atoms with van der Waals surface area (Å²) in [6.45, 7) is 12.2. The molecule has 0 spiro atoms. The number of piperazine rings is 1. The van der Waals surface area contributed by atoms with Crippen LogP contribution in [0.4, 0.5) is 14.9 Å². The average Bonchev–Trinajstić information content (AvgIpc) is 2.42. The van der Waals surface area contributed by atoms with Crippen molar-refractivity contribution in [1.82, 2.24) is 9.80 Å². The number of carbonyl (C=O) groups is 1. The number of nitrogen functional groups attached to an aromatic ring is 1. The maximum absolute atomic E-state index is 13.6. The Morgan fingerprint density at radius 3 is 2.62 bits per heavy atom. The number of rotatable bonds is 2. The highest BCUT2D eigenvalue weighted by Crippen LogP contribution is 2.22. The van der Waals surface area contributed by atoms with Crippen LogP contribution >= 0.6 is 0 Å². The Morgan fingerprint density at radius 2 is 2.04 bits per heavy atom. The van der Waals surface area contributed by atoms with Crippen LogP contribution in [0.2, 0.25) is 0 Å². The Labute approximate surface area is 143 Å². The second kappa shape index (κ2) is 6.97. The van der Waals surface area contributed by atoms with Crippen molar-refractivity contribution in [2.75, 3.05) is 25.4 Å². The SMILES string of the molecule is Cc1c(N)cc(F)cc1CN1CCN(C(=O)OC(C)(C)C)C(C)C1. The van der Waals surface area contributed by atoms with Crippen molar-refractivity contribution in [2.45, 2.75) is 52.8 Å². The van der Waals surface area contributed by atoms with Crippen LogP contribution in [0.15, 0.2) is 12.1 Å². The maximum Gasteiger partial charge on any atom is 0.410 e. The number of halogens is 1. The molecule has 1 unspecified atom stereocenters. The van der Waals surface area contributed by atoms with Crippen molar-refractivity contribution in [2.24, 2.45) is 0 Å². The minimum absolute atomic E-state index is 0.0415. The van der Waals surface area contributed by atoms with Gasteiger partial charge in [0.25, 0.3) is 0 Å². The molecule has 24 heavy (non-hydrogen) atoms. The van der Waals surface area contributed by atoms with Gasteiger partial charge in [-0.3, -0.25) is 4.90 Å². The van der Waals surface area contributed by atoms with Crippen LogP contribution in [0.3, 0.4) is 0 Å². The molecule has 1 fully saturated rings. The van der Waals surface area contributed by atoms with Gasteiger partial charge in [-0.25, -0.2) is 9.18 Å². The third-order valence-corrected chi connectivity index (χ3v) is 4.25. The predicted octanol–water partition coefficient (Wildman–Crippen LogP) is 3.16. The molecular formula is C18H28FN3O2. The van der Waals surface area contributed by atoms with Crippen LogP contribution < -0.4 is 5.73 Å². The Kier molecular flexibility index (Phi) is 5.38. The van der Waals surface area contributed by atoms with Crippen LogP contribution in [0.5, 0.6) is 0 Å². The van der Waals surface area contributed by atoms with Crippen LogP contribution in [0.1, 0.15) is 38.8 Å². The second-order valence-corrected chi connectivity index (χ2v) is 7.54. The second-order valence-electron chi connectivity index (χ2n) is 7.54. The molecule has 1 atom stereocenters. The lowest BCUT2D eigenvalue weighted by Gasteiger charge is -2.40. The van der Waals surface area contributed by atoms with E-state index in [-0.39, 0.29) is 18.0 Å². The first-order valence-electron chi connectivity index (χ1n) is 8.33. The fourth-order valence-corrected chi connectivity index (χ4v) is 2.93. The van der Waals surface area contributed by atoms with Gasteiger partial charge < -0.3 is 15.4 Å². The quantitative estimate of drug-likeness (QED) is 0.842. The van der Waals surface area contributed by atoms with Gasteiger partial charge in [-0.1, -0.05) is 0 Å². The molecule has 1 aliphatic heterocycles. The minimum atomic E-state index is -0.496. The molecule has 2 N–H and O–H groups in total. The molecule has 0 saturated carbocycles. The third kappa shape index (κ3) is 4.60. The highest BCUT2D eigenvalue weighted by Gasteiger charge is 2.30. The van der Waals surface area contributed by atoms with E-state index in [0.717, 1.165) is 24.2 Å². The molecule has 1 aliphatic rings. The van der Waals surface area contributed by atoms with Gasteiger partial charge in [-0.05, 0) is 57.9 Å². The zero-order chi connectivity index (χ0) is 18.1. The summed E-state index contributed by atoms with van der Waals surface area (Å²) >= 11 is 0. The van der Waals surface area contributed by atoms with E-state index in [1.807, 2.05) is 34.6 Å². The third-order valence-electron chi connectivity index (χ3n) is 4.25. The molecular weight excluding hydrogens is 309 g/mol. The van der Waals surface area contributed by atoms with Crippen LogP contribution in [-0.2, 0) is 11.3 Å². The first-order chi connectivity index (χ1) is 11.1. The van der Waals surface area contributed by atoms with Crippen molar-refractivity contribution in [3.05, 3.63) is 29.1 Å². The highest BCUT2D eigenvalue weighted by atomic mass is 19.1. The summed E-state index contributed by atoms with van der Waals surface area (Å²) in [5, 5.41) is 0. The number of ether oxygens (including phenoxy) is 1. The van der Waals surface area contributed by atoms with Crippen molar-refractivity contribution in [3.8, 4) is 0 Å². The molecule has 0 radical (unpaired) electrons. The number of carbonyl (C=O) groups excluding carboxylic acids is 1. The summed E-state index contributed by atoms with van der Waals surface area (Å²) in [5.41, 5.74) is 7.64. The van der Waals surface area contributed by atoms with Crippen molar-refractivity contribution >= 4 is 11.8 Å². The number of anilines is 1. The monoisotopic (exact) mass is 337 g/mol. The molecule has 2 rings (SSSR count). The molecule has 0 aromatic heterocycles. The van der Waals surface area contributed by atoms with E-state index in [1.54, 1.807) is 4.90 Å². The summed E-state index contributed by atoms with van der Waals surface area (Å²) in [7, 11) is 0. The highest BCUT2D eigenvalue weighted by molar-refractivity contribution is 5.68. The number of hydrogen-bond acceptors (Lipinski definition) is 4. The van der Waals surface area contributed by atoms with E-state index < -0.39 is 5.60 Å². The van der Waals surface area contributed by atoms with E-state index >= 15 is 0 Å². The Bertz CT molecular complexity index is 613. The molecule has 5 nitrogen and oxygen atoms in total. The van der Waals surface area contributed by atoms with Gasteiger partial charge >= 0.3 is 6.09 Å². The average molecular weight is 337 g/mol. The van der Waals surface area contributed by atoms with Gasteiger partial charge in [0.1, 0.15) is 11.4 Å². The fraction of sp³-hybridized carbons (Fsp3) is 0.611. The zero-order valence-electron chi connectivity index (χ0n) is 15.2. The van der Waals surface area contributed by atoms with E-state index in [9.17, 15) is 9.18 Å². The number of nitrogens with zero attached hydrogens (tertiary/aromatic N) is 2. The van der Waals surface area contributed by atoms with Gasteiger partial charge in [-0.15, -0.1) is 0 Å². The number of benzene rings is 1. The Hall–Kier alpha value is -1.82. The van der Waals surface area contributed by atoms with Crippen LogP contribution in [0.25, 0.3) is 0 Å². The lowest BCUT2D eigenvalue weighted by molar-refractivity contribution is 0.000538. The summed E-state index contributed by atoms with van der Waals surface area (Å²) in [6, 6.07) is 2.93. The maximum atomic E-state index is 13.6. The van der Waals surface area contributed by atoms with Gasteiger partial charge in [0.2, 0.25) is 0 Å². The largest absolute Gasteiger partial charge is 0.444 e. The van der Waals surface area contributed by atoms with Gasteiger partial charge in [-0.2, -0.15) is 0 Å². The molecule has 0 aliphatic carbocycles. The minimum Gasteiger partial charge on any atom is -0.444 e. The standard InChI is InChI=1S/C18H28FN3O2/c1-12-10-21(6-7-22(12)17(23)24-18(3,4)5)11-14-8-15(19)9-16(20)13(14)2/h8-9,12H,6-7,10-11,20H2,1-5H3.